The van der Waals surface area contributed by atoms with Crippen LogP contribution in [0.3, 0.4) is 0 Å². The number of hydrogen-bond acceptors (Lipinski definition) is 6. The standard InChI is InChI=1S/C75H146O6/c1-4-7-10-13-16-19-22-25-28-31-34-37-38-39-42-44-47-50-53-56-59-62-65-68-74(77)80-71-72(81-75(78)69-66-63-60-57-54-51-48-45-41-36-33-30-27-24-21-18-15-12-9-6-3)70-79-73(76)67-64-61-58-55-52-49-46-43-40-35-32-29-26-23-20-17-14-11-8-5-2/h72H,4-71H2,1-3H3. The van der Waals surface area contributed by atoms with E-state index in [1.165, 1.54) is 347 Å². The number of unbranched alkanes of at least 4 members (excludes halogenated alkanes) is 60. The molecule has 0 aromatic carbocycles. The number of rotatable bonds is 71. The molecule has 0 aromatic rings. The molecule has 0 saturated carbocycles. The van der Waals surface area contributed by atoms with Crippen molar-refractivity contribution in [1.82, 2.24) is 0 Å². The molecule has 482 valence electrons. The van der Waals surface area contributed by atoms with E-state index in [-0.39, 0.29) is 31.1 Å². The number of hydrogen-bond donors (Lipinski definition) is 0. The van der Waals surface area contributed by atoms with E-state index >= 15 is 0 Å². The Morgan fingerprint density at radius 2 is 0.333 bits per heavy atom. The molecular formula is C75H146O6. The van der Waals surface area contributed by atoms with Gasteiger partial charge in [-0.15, -0.1) is 0 Å². The largest absolute Gasteiger partial charge is 0.462 e. The van der Waals surface area contributed by atoms with Crippen LogP contribution in [0.25, 0.3) is 0 Å². The van der Waals surface area contributed by atoms with Crippen LogP contribution in [0.2, 0.25) is 0 Å². The number of carbonyl (C=O) groups excluding carboxylic acids is 3. The third kappa shape index (κ3) is 69.1. The molecule has 0 aliphatic carbocycles. The molecule has 6 heteroatoms. The Labute approximate surface area is 508 Å². The summed E-state index contributed by atoms with van der Waals surface area (Å²) >= 11 is 0. The second-order valence-corrected chi connectivity index (χ2v) is 25.9. The van der Waals surface area contributed by atoms with E-state index in [4.69, 9.17) is 14.2 Å². The zero-order valence-electron chi connectivity index (χ0n) is 55.6. The summed E-state index contributed by atoms with van der Waals surface area (Å²) in [6.07, 6.45) is 84.3. The molecule has 0 radical (unpaired) electrons. The maximum Gasteiger partial charge on any atom is 0.306 e. The van der Waals surface area contributed by atoms with Crippen molar-refractivity contribution in [2.24, 2.45) is 0 Å². The summed E-state index contributed by atoms with van der Waals surface area (Å²) in [5.41, 5.74) is 0. The highest BCUT2D eigenvalue weighted by Gasteiger charge is 2.20. The Balaban J connectivity index is 4.25. The average Bonchev–Trinajstić information content (AvgIpc) is 3.47. The van der Waals surface area contributed by atoms with Gasteiger partial charge in [0.05, 0.1) is 0 Å². The molecule has 0 amide bonds. The highest BCUT2D eigenvalue weighted by molar-refractivity contribution is 5.71. The first kappa shape index (κ1) is 79.4. The lowest BCUT2D eigenvalue weighted by Gasteiger charge is -2.18. The van der Waals surface area contributed by atoms with Gasteiger partial charge in [-0.05, 0) is 19.3 Å². The van der Waals surface area contributed by atoms with E-state index in [0.717, 1.165) is 57.8 Å². The summed E-state index contributed by atoms with van der Waals surface area (Å²) in [7, 11) is 0. The predicted octanol–water partition coefficient (Wildman–Crippen LogP) is 25.8. The third-order valence-corrected chi connectivity index (χ3v) is 17.6. The first-order valence-electron chi connectivity index (χ1n) is 37.5. The normalized spacial score (nSPS) is 11.9. The van der Waals surface area contributed by atoms with Crippen LogP contribution in [0.15, 0.2) is 0 Å². The lowest BCUT2D eigenvalue weighted by Crippen LogP contribution is -2.30. The van der Waals surface area contributed by atoms with Crippen LogP contribution >= 0.6 is 0 Å². The highest BCUT2D eigenvalue weighted by Crippen LogP contribution is 2.20. The summed E-state index contributed by atoms with van der Waals surface area (Å²) in [6.45, 7) is 6.76. The first-order valence-corrected chi connectivity index (χ1v) is 37.5. The van der Waals surface area contributed by atoms with Crippen molar-refractivity contribution >= 4 is 17.9 Å². The molecule has 1 unspecified atom stereocenters. The van der Waals surface area contributed by atoms with Crippen molar-refractivity contribution in [2.75, 3.05) is 13.2 Å². The number of ether oxygens (including phenoxy) is 3. The molecule has 0 N–H and O–H groups in total. The second-order valence-electron chi connectivity index (χ2n) is 25.9. The molecule has 0 rings (SSSR count). The van der Waals surface area contributed by atoms with E-state index in [9.17, 15) is 14.4 Å². The van der Waals surface area contributed by atoms with Gasteiger partial charge in [-0.25, -0.2) is 0 Å². The number of carbonyl (C=O) groups is 3. The minimum absolute atomic E-state index is 0.0597. The topological polar surface area (TPSA) is 78.9 Å². The SMILES string of the molecule is CCCCCCCCCCCCCCCCCCCCCCCCCC(=O)OCC(COC(=O)CCCCCCCCCCCCCCCCCCCCCC)OC(=O)CCCCCCCCCCCCCCCCCCCCCC. The van der Waals surface area contributed by atoms with Crippen LogP contribution in [0.1, 0.15) is 445 Å². The van der Waals surface area contributed by atoms with Crippen molar-refractivity contribution in [2.45, 2.75) is 451 Å². The molecule has 0 spiro atoms. The van der Waals surface area contributed by atoms with Gasteiger partial charge in [0.25, 0.3) is 0 Å². The maximum atomic E-state index is 13.0. The molecule has 0 fully saturated rings. The molecule has 0 aliphatic heterocycles. The van der Waals surface area contributed by atoms with Gasteiger partial charge in [-0.1, -0.05) is 406 Å². The monoisotopic (exact) mass is 1140 g/mol. The summed E-state index contributed by atoms with van der Waals surface area (Å²) in [5.74, 6) is -0.813. The molecule has 0 bridgehead atoms. The van der Waals surface area contributed by atoms with Gasteiger partial charge < -0.3 is 14.2 Å². The third-order valence-electron chi connectivity index (χ3n) is 17.6. The first-order chi connectivity index (χ1) is 40.0. The van der Waals surface area contributed by atoms with E-state index in [1.807, 2.05) is 0 Å². The Morgan fingerprint density at radius 3 is 0.494 bits per heavy atom. The van der Waals surface area contributed by atoms with Gasteiger partial charge in [-0.2, -0.15) is 0 Å². The van der Waals surface area contributed by atoms with Gasteiger partial charge in [0.2, 0.25) is 0 Å². The fourth-order valence-electron chi connectivity index (χ4n) is 12.0. The van der Waals surface area contributed by atoms with Crippen LogP contribution < -0.4 is 0 Å². The highest BCUT2D eigenvalue weighted by atomic mass is 16.6. The fraction of sp³-hybridized carbons (Fsp3) is 0.960. The van der Waals surface area contributed by atoms with Gasteiger partial charge in [-0.3, -0.25) is 14.4 Å². The molecular weight excluding hydrogens is 997 g/mol. The molecule has 0 saturated heterocycles. The van der Waals surface area contributed by atoms with Gasteiger partial charge >= 0.3 is 17.9 Å². The predicted molar refractivity (Wildman–Crippen MR) is 354 cm³/mol. The van der Waals surface area contributed by atoms with Crippen molar-refractivity contribution in [1.29, 1.82) is 0 Å². The molecule has 0 aliphatic rings. The van der Waals surface area contributed by atoms with Crippen LogP contribution in [0.4, 0.5) is 0 Å². The van der Waals surface area contributed by atoms with Crippen molar-refractivity contribution < 1.29 is 28.6 Å². The Kier molecular flexibility index (Phi) is 69.5. The van der Waals surface area contributed by atoms with Crippen LogP contribution in [-0.4, -0.2) is 37.2 Å². The molecule has 1 atom stereocenters. The average molecular weight is 1140 g/mol. The van der Waals surface area contributed by atoms with Gasteiger partial charge in [0.15, 0.2) is 6.10 Å². The van der Waals surface area contributed by atoms with E-state index in [0.29, 0.717) is 19.3 Å². The van der Waals surface area contributed by atoms with Crippen molar-refractivity contribution in [3.05, 3.63) is 0 Å². The maximum absolute atomic E-state index is 13.0. The second kappa shape index (κ2) is 70.9. The summed E-state index contributed by atoms with van der Waals surface area (Å²) < 4.78 is 17.1. The van der Waals surface area contributed by atoms with E-state index in [2.05, 4.69) is 20.8 Å². The van der Waals surface area contributed by atoms with Crippen LogP contribution in [0.5, 0.6) is 0 Å². The van der Waals surface area contributed by atoms with E-state index < -0.39 is 6.10 Å². The fourth-order valence-corrected chi connectivity index (χ4v) is 12.0. The van der Waals surface area contributed by atoms with E-state index in [1.54, 1.807) is 0 Å². The Hall–Kier alpha value is -1.59. The molecule has 0 aromatic heterocycles. The summed E-state index contributed by atoms with van der Waals surface area (Å²) in [5, 5.41) is 0. The minimum Gasteiger partial charge on any atom is -0.462 e. The Bertz CT molecular complexity index is 1220. The molecule has 6 nitrogen and oxygen atoms in total. The molecule has 0 heterocycles. The summed E-state index contributed by atoms with van der Waals surface area (Å²) in [4.78, 5) is 38.6. The van der Waals surface area contributed by atoms with Gasteiger partial charge in [0, 0.05) is 19.3 Å². The quantitative estimate of drug-likeness (QED) is 0.0343. The smallest absolute Gasteiger partial charge is 0.306 e. The molecule has 81 heavy (non-hydrogen) atoms. The number of esters is 3. The van der Waals surface area contributed by atoms with Crippen molar-refractivity contribution in [3.63, 3.8) is 0 Å². The Morgan fingerprint density at radius 1 is 0.198 bits per heavy atom. The van der Waals surface area contributed by atoms with Gasteiger partial charge in [0.1, 0.15) is 13.2 Å². The lowest BCUT2D eigenvalue weighted by molar-refractivity contribution is -0.167. The minimum atomic E-state index is -0.764. The van der Waals surface area contributed by atoms with Crippen LogP contribution in [0, 0.1) is 0 Å². The lowest BCUT2D eigenvalue weighted by atomic mass is 10.0. The van der Waals surface area contributed by atoms with Crippen molar-refractivity contribution in [3.8, 4) is 0 Å². The zero-order valence-corrected chi connectivity index (χ0v) is 55.6. The zero-order chi connectivity index (χ0) is 58.5. The van der Waals surface area contributed by atoms with Crippen LogP contribution in [-0.2, 0) is 28.6 Å². The summed E-state index contributed by atoms with van der Waals surface area (Å²) in [6, 6.07) is 0.